The van der Waals surface area contributed by atoms with Crippen LogP contribution < -0.4 is 15.1 Å². The third-order valence-corrected chi connectivity index (χ3v) is 4.68. The molecule has 0 radical (unpaired) electrons. The van der Waals surface area contributed by atoms with Crippen molar-refractivity contribution in [3.8, 4) is 0 Å². The molecule has 2 saturated heterocycles. The number of benzene rings is 1. The minimum absolute atomic E-state index is 0.742. The fraction of sp³-hybridized carbons (Fsp3) is 0.474. The number of ether oxygens (including phenoxy) is 2. The molecule has 1 N–H and O–H groups in total. The fourth-order valence-corrected chi connectivity index (χ4v) is 3.37. The van der Waals surface area contributed by atoms with E-state index in [4.69, 9.17) is 9.47 Å². The van der Waals surface area contributed by atoms with E-state index in [1.807, 2.05) is 19.1 Å². The third kappa shape index (κ3) is 3.89. The van der Waals surface area contributed by atoms with Gasteiger partial charge in [-0.15, -0.1) is 0 Å². The van der Waals surface area contributed by atoms with Gasteiger partial charge in [-0.25, -0.2) is 9.97 Å². The van der Waals surface area contributed by atoms with E-state index in [0.29, 0.717) is 0 Å². The highest BCUT2D eigenvalue weighted by atomic mass is 16.5. The Morgan fingerprint density at radius 3 is 2.27 bits per heavy atom. The molecule has 1 aromatic heterocycles. The number of nitrogens with one attached hydrogen (secondary N) is 1. The van der Waals surface area contributed by atoms with Crippen molar-refractivity contribution in [1.82, 2.24) is 9.97 Å². The fourth-order valence-electron chi connectivity index (χ4n) is 3.37. The van der Waals surface area contributed by atoms with Crippen LogP contribution in [0, 0.1) is 6.92 Å². The van der Waals surface area contributed by atoms with Crippen LogP contribution in [0.4, 0.5) is 23.0 Å². The molecular formula is C19H25N5O2. The molecule has 0 unspecified atom stereocenters. The SMILES string of the molecule is Cc1nc(Nc2ccccc2N2CCOCC2)cc(N2CCOCC2)n1. The first-order chi connectivity index (χ1) is 12.8. The molecule has 138 valence electrons. The standard InChI is InChI=1S/C19H25N5O2/c1-15-20-18(14-19(21-15)24-8-12-26-13-9-24)22-16-4-2-3-5-17(16)23-6-10-25-11-7-23/h2-5,14H,6-13H2,1H3,(H,20,21,22). The van der Waals surface area contributed by atoms with Gasteiger partial charge in [0.05, 0.1) is 37.8 Å². The molecule has 0 bridgehead atoms. The van der Waals surface area contributed by atoms with Crippen molar-refractivity contribution in [1.29, 1.82) is 0 Å². The molecule has 0 saturated carbocycles. The first kappa shape index (κ1) is 17.1. The molecule has 0 amide bonds. The molecule has 2 aromatic rings. The first-order valence-electron chi connectivity index (χ1n) is 9.17. The second-order valence-corrected chi connectivity index (χ2v) is 6.50. The van der Waals surface area contributed by atoms with Gasteiger partial charge in [0.2, 0.25) is 0 Å². The molecule has 0 spiro atoms. The zero-order chi connectivity index (χ0) is 17.8. The average Bonchev–Trinajstić information content (AvgIpc) is 2.69. The van der Waals surface area contributed by atoms with Crippen molar-refractivity contribution in [3.05, 3.63) is 36.2 Å². The smallest absolute Gasteiger partial charge is 0.136 e. The number of anilines is 4. The number of rotatable bonds is 4. The zero-order valence-electron chi connectivity index (χ0n) is 15.1. The predicted octanol–water partition coefficient (Wildman–Crippen LogP) is 2.20. The molecule has 1 aromatic carbocycles. The number of aryl methyl sites for hydroxylation is 1. The summed E-state index contributed by atoms with van der Waals surface area (Å²) >= 11 is 0. The summed E-state index contributed by atoms with van der Waals surface area (Å²) in [6.07, 6.45) is 0. The number of para-hydroxylation sites is 2. The lowest BCUT2D eigenvalue weighted by Gasteiger charge is -2.31. The average molecular weight is 355 g/mol. The van der Waals surface area contributed by atoms with E-state index < -0.39 is 0 Å². The summed E-state index contributed by atoms with van der Waals surface area (Å²) in [4.78, 5) is 13.8. The lowest BCUT2D eigenvalue weighted by molar-refractivity contribution is 0.122. The van der Waals surface area contributed by atoms with Crippen LogP contribution in [0.2, 0.25) is 0 Å². The van der Waals surface area contributed by atoms with Crippen molar-refractivity contribution in [2.24, 2.45) is 0 Å². The monoisotopic (exact) mass is 355 g/mol. The molecule has 3 heterocycles. The summed E-state index contributed by atoms with van der Waals surface area (Å²) in [7, 11) is 0. The Bertz CT molecular complexity index is 742. The van der Waals surface area contributed by atoms with Crippen LogP contribution in [-0.2, 0) is 9.47 Å². The number of nitrogens with zero attached hydrogens (tertiary/aromatic N) is 4. The second kappa shape index (κ2) is 7.88. The van der Waals surface area contributed by atoms with E-state index in [1.54, 1.807) is 0 Å². The van der Waals surface area contributed by atoms with E-state index in [2.05, 4.69) is 43.3 Å². The van der Waals surface area contributed by atoms with Crippen LogP contribution in [0.15, 0.2) is 30.3 Å². The molecule has 2 aliphatic heterocycles. The lowest BCUT2D eigenvalue weighted by Crippen LogP contribution is -2.37. The number of hydrogen-bond acceptors (Lipinski definition) is 7. The largest absolute Gasteiger partial charge is 0.378 e. The Balaban J connectivity index is 1.58. The summed E-state index contributed by atoms with van der Waals surface area (Å²) in [6, 6.07) is 10.4. The second-order valence-electron chi connectivity index (χ2n) is 6.50. The number of hydrogen-bond donors (Lipinski definition) is 1. The Morgan fingerprint density at radius 2 is 1.54 bits per heavy atom. The van der Waals surface area contributed by atoms with Gasteiger partial charge in [0.1, 0.15) is 17.5 Å². The maximum Gasteiger partial charge on any atom is 0.136 e. The number of aromatic nitrogens is 2. The maximum atomic E-state index is 5.48. The van der Waals surface area contributed by atoms with Crippen molar-refractivity contribution in [2.45, 2.75) is 6.92 Å². The summed E-state index contributed by atoms with van der Waals surface area (Å²) in [5.41, 5.74) is 2.24. The lowest BCUT2D eigenvalue weighted by atomic mass is 10.2. The van der Waals surface area contributed by atoms with Gasteiger partial charge in [0, 0.05) is 32.2 Å². The molecule has 2 fully saturated rings. The van der Waals surface area contributed by atoms with E-state index >= 15 is 0 Å². The molecule has 7 nitrogen and oxygen atoms in total. The predicted molar refractivity (Wildman–Crippen MR) is 103 cm³/mol. The van der Waals surface area contributed by atoms with Crippen LogP contribution >= 0.6 is 0 Å². The van der Waals surface area contributed by atoms with Crippen LogP contribution in [-0.4, -0.2) is 62.6 Å². The Morgan fingerprint density at radius 1 is 0.885 bits per heavy atom. The Hall–Kier alpha value is -2.38. The summed E-state index contributed by atoms with van der Waals surface area (Å²) in [5, 5.41) is 3.50. The van der Waals surface area contributed by atoms with Crippen molar-refractivity contribution in [2.75, 3.05) is 67.7 Å². The first-order valence-corrected chi connectivity index (χ1v) is 9.17. The maximum absolute atomic E-state index is 5.48. The third-order valence-electron chi connectivity index (χ3n) is 4.68. The van der Waals surface area contributed by atoms with Crippen LogP contribution in [0.5, 0.6) is 0 Å². The van der Waals surface area contributed by atoms with Gasteiger partial charge in [0.15, 0.2) is 0 Å². The van der Waals surface area contributed by atoms with Gasteiger partial charge >= 0.3 is 0 Å². The van der Waals surface area contributed by atoms with Crippen molar-refractivity contribution < 1.29 is 9.47 Å². The molecule has 0 aliphatic carbocycles. The van der Waals surface area contributed by atoms with Gasteiger partial charge < -0.3 is 24.6 Å². The molecule has 7 heteroatoms. The Labute approximate surface area is 153 Å². The molecular weight excluding hydrogens is 330 g/mol. The normalized spacial score (nSPS) is 18.0. The van der Waals surface area contributed by atoms with E-state index in [-0.39, 0.29) is 0 Å². The van der Waals surface area contributed by atoms with E-state index in [0.717, 1.165) is 75.8 Å². The van der Waals surface area contributed by atoms with Crippen LogP contribution in [0.25, 0.3) is 0 Å². The molecule has 26 heavy (non-hydrogen) atoms. The number of morpholine rings is 2. The van der Waals surface area contributed by atoms with Gasteiger partial charge in [-0.05, 0) is 19.1 Å². The highest BCUT2D eigenvalue weighted by molar-refractivity contribution is 5.75. The summed E-state index contributed by atoms with van der Waals surface area (Å²) in [6.45, 7) is 8.48. The molecule has 0 atom stereocenters. The van der Waals surface area contributed by atoms with Gasteiger partial charge in [0.25, 0.3) is 0 Å². The van der Waals surface area contributed by atoms with Gasteiger partial charge in [-0.3, -0.25) is 0 Å². The summed E-state index contributed by atoms with van der Waals surface area (Å²) < 4.78 is 10.9. The van der Waals surface area contributed by atoms with Crippen molar-refractivity contribution >= 4 is 23.0 Å². The van der Waals surface area contributed by atoms with E-state index in [1.165, 1.54) is 5.69 Å². The summed E-state index contributed by atoms with van der Waals surface area (Å²) in [5.74, 6) is 2.53. The minimum Gasteiger partial charge on any atom is -0.378 e. The highest BCUT2D eigenvalue weighted by Crippen LogP contribution is 2.29. The molecule has 2 aliphatic rings. The van der Waals surface area contributed by atoms with Crippen molar-refractivity contribution in [3.63, 3.8) is 0 Å². The Kier molecular flexibility index (Phi) is 5.17. The van der Waals surface area contributed by atoms with Gasteiger partial charge in [-0.2, -0.15) is 0 Å². The van der Waals surface area contributed by atoms with Crippen LogP contribution in [0.1, 0.15) is 5.82 Å². The highest BCUT2D eigenvalue weighted by Gasteiger charge is 2.17. The minimum atomic E-state index is 0.742. The zero-order valence-corrected chi connectivity index (χ0v) is 15.1. The topological polar surface area (TPSA) is 62.8 Å². The van der Waals surface area contributed by atoms with Crippen LogP contribution in [0.3, 0.4) is 0 Å². The quantitative estimate of drug-likeness (QED) is 0.902. The van der Waals surface area contributed by atoms with E-state index in [9.17, 15) is 0 Å². The molecule has 4 rings (SSSR count). The van der Waals surface area contributed by atoms with Gasteiger partial charge in [-0.1, -0.05) is 12.1 Å².